The average Bonchev–Trinajstić information content (AvgIpc) is 3.03. The number of anilines is 1. The zero-order valence-electron chi connectivity index (χ0n) is 16.8. The zero-order chi connectivity index (χ0) is 20.1. The second-order valence-corrected chi connectivity index (χ2v) is 7.36. The summed E-state index contributed by atoms with van der Waals surface area (Å²) in [7, 11) is 3.76. The van der Waals surface area contributed by atoms with Crippen LogP contribution in [0.5, 0.6) is 0 Å². The molecule has 1 amide bonds. The molecular weight excluding hydrogens is 376 g/mol. The summed E-state index contributed by atoms with van der Waals surface area (Å²) in [6.07, 6.45) is 0. The molecule has 9 heteroatoms. The van der Waals surface area contributed by atoms with Gasteiger partial charge < -0.3 is 19.9 Å². The van der Waals surface area contributed by atoms with Crippen LogP contribution < -0.4 is 15.1 Å². The Morgan fingerprint density at radius 3 is 2.57 bits per heavy atom. The highest BCUT2D eigenvalue weighted by molar-refractivity contribution is 7.71. The lowest BCUT2D eigenvalue weighted by Gasteiger charge is -2.27. The predicted octanol–water partition coefficient (Wildman–Crippen LogP) is 0.303. The summed E-state index contributed by atoms with van der Waals surface area (Å²) in [4.78, 5) is 15.2. The minimum absolute atomic E-state index is 0.0701. The monoisotopic (exact) mass is 405 g/mol. The molecule has 2 heterocycles. The van der Waals surface area contributed by atoms with Gasteiger partial charge in [-0.05, 0) is 31.3 Å². The van der Waals surface area contributed by atoms with Gasteiger partial charge in [0.2, 0.25) is 10.7 Å². The Labute approximate surface area is 170 Å². The summed E-state index contributed by atoms with van der Waals surface area (Å²) in [6.45, 7) is 7.52. The number of rotatable bonds is 7. The molecule has 28 heavy (non-hydrogen) atoms. The van der Waals surface area contributed by atoms with E-state index in [1.807, 2.05) is 28.9 Å². The molecule has 3 rings (SSSR count). The number of benzene rings is 1. The number of morpholine rings is 1. The molecule has 0 bridgehead atoms. The number of quaternary nitrogens is 1. The van der Waals surface area contributed by atoms with Crippen LogP contribution >= 0.6 is 12.2 Å². The van der Waals surface area contributed by atoms with Gasteiger partial charge in [0.15, 0.2) is 6.67 Å². The number of nitrogens with one attached hydrogen (secondary N) is 2. The first kappa shape index (κ1) is 20.5. The molecule has 1 fully saturated rings. The maximum atomic E-state index is 11.7. The van der Waals surface area contributed by atoms with Crippen LogP contribution in [-0.4, -0.2) is 60.7 Å². The van der Waals surface area contributed by atoms with E-state index < -0.39 is 0 Å². The van der Waals surface area contributed by atoms with Crippen molar-refractivity contribution < 1.29 is 14.4 Å². The van der Waals surface area contributed by atoms with Crippen molar-refractivity contribution in [3.05, 3.63) is 40.2 Å². The molecule has 1 aromatic carbocycles. The van der Waals surface area contributed by atoms with E-state index in [1.165, 1.54) is 10.5 Å². The van der Waals surface area contributed by atoms with Gasteiger partial charge in [0, 0.05) is 37.8 Å². The van der Waals surface area contributed by atoms with E-state index in [-0.39, 0.29) is 5.91 Å². The van der Waals surface area contributed by atoms with Gasteiger partial charge in [-0.15, -0.1) is 5.10 Å². The van der Waals surface area contributed by atoms with E-state index in [2.05, 4.69) is 28.8 Å². The maximum Gasteiger partial charge on any atom is 0.251 e. The number of carbonyl (C=O) groups is 1. The van der Waals surface area contributed by atoms with E-state index in [4.69, 9.17) is 22.1 Å². The number of hydrogen-bond donors (Lipinski definition) is 2. The lowest BCUT2D eigenvalue weighted by atomic mass is 10.1. The Kier molecular flexibility index (Phi) is 6.82. The van der Waals surface area contributed by atoms with Gasteiger partial charge in [0.25, 0.3) is 5.91 Å². The summed E-state index contributed by atoms with van der Waals surface area (Å²) in [5.74, 6) is 0.859. The topological polar surface area (TPSA) is 68.8 Å². The molecule has 0 saturated carbocycles. The van der Waals surface area contributed by atoms with Crippen molar-refractivity contribution in [3.63, 3.8) is 0 Å². The molecule has 0 spiro atoms. The van der Waals surface area contributed by atoms with Crippen molar-refractivity contribution in [2.75, 3.05) is 45.3 Å². The zero-order valence-corrected chi connectivity index (χ0v) is 17.6. The predicted molar refractivity (Wildman–Crippen MR) is 110 cm³/mol. The summed E-state index contributed by atoms with van der Waals surface area (Å²) >= 11 is 5.67. The van der Waals surface area contributed by atoms with Gasteiger partial charge in [0.1, 0.15) is 6.54 Å². The van der Waals surface area contributed by atoms with Crippen molar-refractivity contribution >= 4 is 24.1 Å². The highest BCUT2D eigenvalue weighted by Gasteiger charge is 2.20. The van der Waals surface area contributed by atoms with Crippen molar-refractivity contribution in [3.8, 4) is 0 Å². The molecule has 1 aliphatic rings. The molecule has 0 radical (unpaired) electrons. The number of aromatic nitrogens is 3. The number of hydrogen-bond acceptors (Lipinski definition) is 5. The van der Waals surface area contributed by atoms with Crippen LogP contribution in [0.3, 0.4) is 0 Å². The minimum atomic E-state index is -0.0701. The lowest BCUT2D eigenvalue weighted by Crippen LogP contribution is -3.07. The van der Waals surface area contributed by atoms with Gasteiger partial charge in [0.05, 0.1) is 20.3 Å². The number of amides is 1. The van der Waals surface area contributed by atoms with E-state index in [9.17, 15) is 4.79 Å². The van der Waals surface area contributed by atoms with Crippen LogP contribution in [0.1, 0.15) is 22.8 Å². The van der Waals surface area contributed by atoms with E-state index in [0.29, 0.717) is 12.2 Å². The Morgan fingerprint density at radius 1 is 1.29 bits per heavy atom. The van der Waals surface area contributed by atoms with Crippen LogP contribution in [0.25, 0.3) is 0 Å². The fourth-order valence-electron chi connectivity index (χ4n) is 3.38. The molecule has 0 aliphatic carbocycles. The van der Waals surface area contributed by atoms with Gasteiger partial charge in [-0.2, -0.15) is 4.68 Å². The Balaban J connectivity index is 1.69. The largest absolute Gasteiger partial charge is 0.378 e. The molecule has 1 atom stereocenters. The Bertz CT molecular complexity index is 854. The number of ether oxygens (including phenoxy) is 1. The molecule has 1 unspecified atom stereocenters. The molecule has 1 aliphatic heterocycles. The number of carbonyl (C=O) groups excluding carboxylic acids is 1. The SMILES string of the molecule is CCn1c(N2CCOCC2)nn(C[NH+](C)Cc2ccc(C(=O)NC)cc2)c1=S. The minimum Gasteiger partial charge on any atom is -0.378 e. The summed E-state index contributed by atoms with van der Waals surface area (Å²) in [6, 6.07) is 7.71. The fraction of sp³-hybridized carbons (Fsp3) is 0.526. The molecule has 2 aromatic rings. The third-order valence-electron chi connectivity index (χ3n) is 4.88. The smallest absolute Gasteiger partial charge is 0.251 e. The van der Waals surface area contributed by atoms with Crippen molar-refractivity contribution in [1.29, 1.82) is 0 Å². The van der Waals surface area contributed by atoms with Crippen LogP contribution in [0.15, 0.2) is 24.3 Å². The van der Waals surface area contributed by atoms with Crippen molar-refractivity contribution in [2.45, 2.75) is 26.7 Å². The first-order valence-electron chi connectivity index (χ1n) is 9.66. The Morgan fingerprint density at radius 2 is 1.96 bits per heavy atom. The van der Waals surface area contributed by atoms with Gasteiger partial charge >= 0.3 is 0 Å². The molecular formula is C19H29N6O2S+. The highest BCUT2D eigenvalue weighted by Crippen LogP contribution is 2.14. The van der Waals surface area contributed by atoms with E-state index in [1.54, 1.807) is 7.05 Å². The second kappa shape index (κ2) is 9.31. The Hall–Kier alpha value is -2.23. The second-order valence-electron chi connectivity index (χ2n) is 6.99. The summed E-state index contributed by atoms with van der Waals surface area (Å²) in [5.41, 5.74) is 1.84. The van der Waals surface area contributed by atoms with Gasteiger partial charge in [-0.25, -0.2) is 0 Å². The van der Waals surface area contributed by atoms with E-state index >= 15 is 0 Å². The fourth-order valence-corrected chi connectivity index (χ4v) is 3.70. The quantitative estimate of drug-likeness (QED) is 0.649. The molecule has 2 N–H and O–H groups in total. The summed E-state index contributed by atoms with van der Waals surface area (Å²) < 4.78 is 10.2. The van der Waals surface area contributed by atoms with Crippen molar-refractivity contribution in [2.24, 2.45) is 0 Å². The van der Waals surface area contributed by atoms with Gasteiger partial charge in [-0.1, -0.05) is 12.1 Å². The highest BCUT2D eigenvalue weighted by atomic mass is 32.1. The molecule has 8 nitrogen and oxygen atoms in total. The first-order chi connectivity index (χ1) is 13.5. The summed E-state index contributed by atoms with van der Waals surface area (Å²) in [5, 5.41) is 7.45. The van der Waals surface area contributed by atoms with Gasteiger partial charge in [-0.3, -0.25) is 9.36 Å². The van der Waals surface area contributed by atoms with Crippen LogP contribution in [0, 0.1) is 4.77 Å². The third-order valence-corrected chi connectivity index (χ3v) is 5.31. The van der Waals surface area contributed by atoms with Crippen LogP contribution in [-0.2, 0) is 24.5 Å². The van der Waals surface area contributed by atoms with Crippen LogP contribution in [0.2, 0.25) is 0 Å². The lowest BCUT2D eigenvalue weighted by molar-refractivity contribution is -0.917. The first-order valence-corrected chi connectivity index (χ1v) is 10.1. The molecule has 1 aromatic heterocycles. The maximum absolute atomic E-state index is 11.7. The standard InChI is InChI=1S/C19H28N6O2S/c1-4-24-18(23-9-11-27-12-10-23)21-25(19(24)28)14-22(3)13-15-5-7-16(8-6-15)17(26)20-2/h5-8H,4,9-14H2,1-3H3,(H,20,26)/p+1. The molecule has 152 valence electrons. The van der Waals surface area contributed by atoms with Crippen LogP contribution in [0.4, 0.5) is 5.95 Å². The van der Waals surface area contributed by atoms with E-state index in [0.717, 1.165) is 50.1 Å². The molecule has 1 saturated heterocycles. The average molecular weight is 406 g/mol. The number of nitrogens with zero attached hydrogens (tertiary/aromatic N) is 4. The van der Waals surface area contributed by atoms with Crippen molar-refractivity contribution in [1.82, 2.24) is 19.7 Å². The third kappa shape index (κ3) is 4.60. The normalized spacial score (nSPS) is 15.5.